The average molecular weight is 538 g/mol. The highest BCUT2D eigenvalue weighted by atomic mass is 32.2. The highest BCUT2D eigenvalue weighted by Crippen LogP contribution is 2.47. The zero-order valence-electron chi connectivity index (χ0n) is 20.9. The Balaban J connectivity index is 1.54. The van der Waals surface area contributed by atoms with Gasteiger partial charge in [-0.2, -0.15) is 0 Å². The highest BCUT2D eigenvalue weighted by Gasteiger charge is 2.70. The molecule has 0 bridgehead atoms. The van der Waals surface area contributed by atoms with E-state index in [0.717, 1.165) is 9.58 Å². The number of nitrogens with one attached hydrogen (secondary N) is 1. The molecule has 2 aromatic carbocycles. The molecule has 2 aliphatic rings. The Morgan fingerprint density at radius 3 is 2.26 bits per heavy atom. The fourth-order valence-corrected chi connectivity index (χ4v) is 7.48. The van der Waals surface area contributed by atoms with Gasteiger partial charge in [-0.1, -0.05) is 65.9 Å². The number of hydrogen-bond donors (Lipinski definition) is 1. The number of rotatable bonds is 8. The number of fused-ring (bicyclic) bond motifs is 1. The molecule has 2 fully saturated rings. The van der Waals surface area contributed by atoms with Gasteiger partial charge in [0.1, 0.15) is 15.8 Å². The molecule has 3 aromatic rings. The molecule has 0 radical (unpaired) electrons. The molecule has 0 unspecified atom stereocenters. The van der Waals surface area contributed by atoms with Crippen LogP contribution in [0.15, 0.2) is 66.9 Å². The zero-order chi connectivity index (χ0) is 27.1. The van der Waals surface area contributed by atoms with E-state index in [4.69, 9.17) is 4.74 Å². The lowest BCUT2D eigenvalue weighted by atomic mass is 9.95. The summed E-state index contributed by atoms with van der Waals surface area (Å²) in [6.45, 7) is 3.11. The number of hydrogen-bond acceptors (Lipinski definition) is 8. The van der Waals surface area contributed by atoms with Gasteiger partial charge in [0.2, 0.25) is 5.91 Å². The molecule has 0 aliphatic carbocycles. The van der Waals surface area contributed by atoms with Gasteiger partial charge in [-0.25, -0.2) is 17.9 Å². The summed E-state index contributed by atoms with van der Waals surface area (Å²) in [4.78, 5) is 40.1. The van der Waals surface area contributed by atoms with Crippen molar-refractivity contribution in [3.05, 3.63) is 83.7 Å². The average Bonchev–Trinajstić information content (AvgIpc) is 3.42. The normalized spacial score (nSPS) is 23.6. The second kappa shape index (κ2) is 9.67. The number of ether oxygens (including phenoxy) is 1. The number of benzene rings is 2. The van der Waals surface area contributed by atoms with Gasteiger partial charge in [-0.15, -0.1) is 5.10 Å². The van der Waals surface area contributed by atoms with Gasteiger partial charge in [-0.05, 0) is 25.0 Å². The topological polar surface area (TPSA) is 141 Å². The van der Waals surface area contributed by atoms with Crippen LogP contribution in [-0.2, 0) is 30.7 Å². The first kappa shape index (κ1) is 25.6. The lowest BCUT2D eigenvalue weighted by Gasteiger charge is -2.37. The molecule has 2 aliphatic heterocycles. The summed E-state index contributed by atoms with van der Waals surface area (Å²) in [7, 11) is -4.07. The summed E-state index contributed by atoms with van der Waals surface area (Å²) < 4.78 is 32.8. The van der Waals surface area contributed by atoms with E-state index in [-0.39, 0.29) is 18.7 Å². The van der Waals surface area contributed by atoms with Gasteiger partial charge in [0.25, 0.3) is 5.91 Å². The van der Waals surface area contributed by atoms with Gasteiger partial charge < -0.3 is 15.0 Å². The fraction of sp³-hybridized carbons (Fsp3) is 0.346. The Morgan fingerprint density at radius 2 is 1.71 bits per heavy atom. The minimum atomic E-state index is -4.07. The molecule has 0 saturated carbocycles. The Hall–Kier alpha value is -4.06. The van der Waals surface area contributed by atoms with Crippen molar-refractivity contribution in [2.24, 2.45) is 0 Å². The second-order valence-corrected chi connectivity index (χ2v) is 12.1. The molecule has 1 N–H and O–H groups in total. The van der Waals surface area contributed by atoms with E-state index in [0.29, 0.717) is 17.7 Å². The van der Waals surface area contributed by atoms with E-state index in [1.165, 1.54) is 13.1 Å². The number of carbonyl (C=O) groups excluding carboxylic acids is 3. The molecule has 38 heavy (non-hydrogen) atoms. The molecule has 1 aromatic heterocycles. The molecule has 5 rings (SSSR count). The summed E-state index contributed by atoms with van der Waals surface area (Å²) in [5, 5.41) is 9.17. The number of carbonyl (C=O) groups is 3. The molecule has 2 saturated heterocycles. The highest BCUT2D eigenvalue weighted by molar-refractivity contribution is 7.93. The van der Waals surface area contributed by atoms with Crippen LogP contribution in [0.5, 0.6) is 0 Å². The fourth-order valence-electron chi connectivity index (χ4n) is 5.13. The molecular weight excluding hydrogens is 510 g/mol. The molecule has 3 heterocycles. The number of esters is 1. The van der Waals surface area contributed by atoms with Crippen LogP contribution in [0.2, 0.25) is 0 Å². The summed E-state index contributed by atoms with van der Waals surface area (Å²) in [5.74, 6) is -1.80. The van der Waals surface area contributed by atoms with Crippen LogP contribution in [0.3, 0.4) is 0 Å². The Labute approximate surface area is 219 Å². The van der Waals surface area contributed by atoms with Crippen LogP contribution in [0.25, 0.3) is 0 Å². The smallest absolute Gasteiger partial charge is 0.331 e. The minimum Gasteiger partial charge on any atom is -0.451 e. The molecule has 12 heteroatoms. The summed E-state index contributed by atoms with van der Waals surface area (Å²) >= 11 is 0. The van der Waals surface area contributed by atoms with Gasteiger partial charge in [-0.3, -0.25) is 9.59 Å². The number of amides is 2. The van der Waals surface area contributed by atoms with E-state index >= 15 is 0 Å². The van der Waals surface area contributed by atoms with E-state index in [1.54, 1.807) is 31.2 Å². The van der Waals surface area contributed by atoms with Gasteiger partial charge in [0, 0.05) is 6.54 Å². The third-order valence-corrected chi connectivity index (χ3v) is 9.89. The Morgan fingerprint density at radius 1 is 1.11 bits per heavy atom. The van der Waals surface area contributed by atoms with Crippen molar-refractivity contribution in [3.63, 3.8) is 0 Å². The maximum absolute atomic E-state index is 13.9. The number of nitrogens with zero attached hydrogens (tertiary/aromatic N) is 4. The first-order chi connectivity index (χ1) is 18.2. The number of aromatic nitrogens is 3. The molecule has 198 valence electrons. The van der Waals surface area contributed by atoms with E-state index in [2.05, 4.69) is 15.6 Å². The van der Waals surface area contributed by atoms with E-state index in [9.17, 15) is 22.8 Å². The number of sulfone groups is 1. The third-order valence-electron chi connectivity index (χ3n) is 7.13. The zero-order valence-corrected chi connectivity index (χ0v) is 21.7. The summed E-state index contributed by atoms with van der Waals surface area (Å²) in [6.07, 6.45) is 0.178. The van der Waals surface area contributed by atoms with Crippen LogP contribution >= 0.6 is 0 Å². The predicted molar refractivity (Wildman–Crippen MR) is 135 cm³/mol. The van der Waals surface area contributed by atoms with Crippen LogP contribution < -0.4 is 5.32 Å². The van der Waals surface area contributed by atoms with Crippen molar-refractivity contribution >= 4 is 27.6 Å². The monoisotopic (exact) mass is 537 g/mol. The summed E-state index contributed by atoms with van der Waals surface area (Å²) in [5.41, 5.74) is 1.43. The van der Waals surface area contributed by atoms with Crippen molar-refractivity contribution in [3.8, 4) is 0 Å². The largest absolute Gasteiger partial charge is 0.451 e. The molecule has 0 spiro atoms. The minimum absolute atomic E-state index is 0.0439. The lowest BCUT2D eigenvalue weighted by Crippen LogP contribution is -2.58. The Bertz CT molecular complexity index is 1440. The van der Waals surface area contributed by atoms with Crippen LogP contribution in [0.1, 0.15) is 48.0 Å². The number of β-lactam (4-membered cyclic amide) rings is 1. The standard InChI is InChI=1S/C26H27N5O6S/c1-3-27-24(33)19-15-28-29-30(19)16-26(2)23(31-20(32)14-21(31)38(26,35)36)25(34)37-22(17-10-6-4-7-11-17)18-12-8-5-9-13-18/h4-13,15,21-23H,3,14,16H2,1-2H3,(H,27,33)/t21-,23+,26+/m1/s1. The lowest BCUT2D eigenvalue weighted by molar-refractivity contribution is -0.164. The summed E-state index contributed by atoms with van der Waals surface area (Å²) in [6, 6.07) is 16.7. The third kappa shape index (κ3) is 4.05. The first-order valence-corrected chi connectivity index (χ1v) is 13.8. The van der Waals surface area contributed by atoms with Gasteiger partial charge in [0.05, 0.1) is 19.2 Å². The first-order valence-electron chi connectivity index (χ1n) is 12.2. The van der Waals surface area contributed by atoms with E-state index < -0.39 is 49.9 Å². The Kier molecular flexibility index (Phi) is 6.51. The van der Waals surface area contributed by atoms with Crippen LogP contribution in [0.4, 0.5) is 0 Å². The van der Waals surface area contributed by atoms with Crippen LogP contribution in [-0.4, -0.2) is 68.8 Å². The molecule has 11 nitrogen and oxygen atoms in total. The van der Waals surface area contributed by atoms with Crippen LogP contribution in [0, 0.1) is 0 Å². The maximum atomic E-state index is 13.9. The predicted octanol–water partition coefficient (Wildman–Crippen LogP) is 1.47. The van der Waals surface area contributed by atoms with Gasteiger partial charge in [0.15, 0.2) is 22.0 Å². The molecule has 3 atom stereocenters. The van der Waals surface area contributed by atoms with Crippen molar-refractivity contribution in [2.75, 3.05) is 6.54 Å². The van der Waals surface area contributed by atoms with Crippen molar-refractivity contribution in [1.82, 2.24) is 25.2 Å². The molecular formula is C26H27N5O6S. The maximum Gasteiger partial charge on any atom is 0.331 e. The van der Waals surface area contributed by atoms with Crippen molar-refractivity contribution < 1.29 is 27.5 Å². The molecule has 2 amide bonds. The van der Waals surface area contributed by atoms with E-state index in [1.807, 2.05) is 36.4 Å². The van der Waals surface area contributed by atoms with Crippen molar-refractivity contribution in [2.45, 2.75) is 49.1 Å². The SMILES string of the molecule is CCNC(=O)c1cnnn1C[C@@]1(C)[C@H](C(=O)OC(c2ccccc2)c2ccccc2)N2C(=O)C[C@H]2S1(=O)=O. The van der Waals surface area contributed by atoms with Gasteiger partial charge >= 0.3 is 5.97 Å². The second-order valence-electron chi connectivity index (χ2n) is 9.49. The quantitative estimate of drug-likeness (QED) is 0.337. The van der Waals surface area contributed by atoms with Crippen molar-refractivity contribution in [1.29, 1.82) is 0 Å².